The summed E-state index contributed by atoms with van der Waals surface area (Å²) < 4.78 is 7.09. The number of ether oxygens (including phenoxy) is 1. The van der Waals surface area contributed by atoms with E-state index in [9.17, 15) is 4.79 Å². The molecule has 0 saturated heterocycles. The Balaban J connectivity index is 1.71. The van der Waals surface area contributed by atoms with E-state index in [4.69, 9.17) is 9.84 Å². The fourth-order valence-corrected chi connectivity index (χ4v) is 3.17. The zero-order chi connectivity index (χ0) is 20.9. The number of ketones is 1. The molecule has 0 saturated carbocycles. The number of aryl methyl sites for hydroxylation is 1. The van der Waals surface area contributed by atoms with E-state index in [1.807, 2.05) is 103 Å². The standard InChI is InChI=1S/C26H22N2O2/c1-19-8-10-20(11-9-19)25(29)17-14-22-18-28(23-6-4-3-5-7-23)27-26(22)21-12-15-24(30-2)16-13-21/h3-18H,1-2H3/b17-14+. The summed E-state index contributed by atoms with van der Waals surface area (Å²) in [6.45, 7) is 2.00. The van der Waals surface area contributed by atoms with Gasteiger partial charge in [0.15, 0.2) is 5.78 Å². The summed E-state index contributed by atoms with van der Waals surface area (Å²) in [5.41, 5.74) is 5.36. The van der Waals surface area contributed by atoms with Crippen molar-refractivity contribution in [3.8, 4) is 22.7 Å². The molecule has 0 aliphatic rings. The fourth-order valence-electron chi connectivity index (χ4n) is 3.17. The van der Waals surface area contributed by atoms with Crippen molar-refractivity contribution in [1.82, 2.24) is 9.78 Å². The van der Waals surface area contributed by atoms with Gasteiger partial charge in [0, 0.05) is 22.9 Å². The highest BCUT2D eigenvalue weighted by Gasteiger charge is 2.11. The predicted molar refractivity (Wildman–Crippen MR) is 120 cm³/mol. The molecule has 148 valence electrons. The molecule has 1 heterocycles. The molecule has 0 aliphatic heterocycles. The second-order valence-electron chi connectivity index (χ2n) is 7.01. The maximum atomic E-state index is 12.6. The Morgan fingerprint density at radius 2 is 1.63 bits per heavy atom. The molecular weight excluding hydrogens is 372 g/mol. The van der Waals surface area contributed by atoms with Gasteiger partial charge in [0.05, 0.1) is 18.5 Å². The highest BCUT2D eigenvalue weighted by atomic mass is 16.5. The maximum Gasteiger partial charge on any atom is 0.185 e. The van der Waals surface area contributed by atoms with Crippen molar-refractivity contribution in [2.45, 2.75) is 6.92 Å². The minimum absolute atomic E-state index is 0.0388. The molecule has 0 bridgehead atoms. The highest BCUT2D eigenvalue weighted by molar-refractivity contribution is 6.07. The summed E-state index contributed by atoms with van der Waals surface area (Å²) in [6.07, 6.45) is 5.37. The Labute approximate surface area is 176 Å². The van der Waals surface area contributed by atoms with E-state index < -0.39 is 0 Å². The number of para-hydroxylation sites is 1. The smallest absolute Gasteiger partial charge is 0.185 e. The average Bonchev–Trinajstić information content (AvgIpc) is 3.23. The van der Waals surface area contributed by atoms with Gasteiger partial charge in [-0.2, -0.15) is 5.10 Å². The number of allylic oxidation sites excluding steroid dienone is 1. The number of hydrogen-bond acceptors (Lipinski definition) is 3. The topological polar surface area (TPSA) is 44.1 Å². The van der Waals surface area contributed by atoms with Crippen LogP contribution in [0.1, 0.15) is 21.5 Å². The molecule has 0 amide bonds. The molecule has 0 fully saturated rings. The van der Waals surface area contributed by atoms with Crippen LogP contribution in [-0.2, 0) is 0 Å². The zero-order valence-corrected chi connectivity index (χ0v) is 16.9. The molecule has 0 unspecified atom stereocenters. The van der Waals surface area contributed by atoms with Gasteiger partial charge in [0.1, 0.15) is 5.75 Å². The van der Waals surface area contributed by atoms with Crippen LogP contribution in [0.3, 0.4) is 0 Å². The van der Waals surface area contributed by atoms with Gasteiger partial charge in [0.25, 0.3) is 0 Å². The molecule has 3 aromatic carbocycles. The van der Waals surface area contributed by atoms with Crippen molar-refractivity contribution in [1.29, 1.82) is 0 Å². The number of aromatic nitrogens is 2. The molecule has 1 aromatic heterocycles. The number of rotatable bonds is 6. The molecule has 0 atom stereocenters. The van der Waals surface area contributed by atoms with Crippen LogP contribution in [0.5, 0.6) is 5.75 Å². The summed E-state index contributed by atoms with van der Waals surface area (Å²) in [5.74, 6) is 0.746. The third kappa shape index (κ3) is 4.23. The largest absolute Gasteiger partial charge is 0.497 e. The van der Waals surface area contributed by atoms with Crippen LogP contribution in [-0.4, -0.2) is 22.7 Å². The first-order valence-corrected chi connectivity index (χ1v) is 9.72. The lowest BCUT2D eigenvalue weighted by Gasteiger charge is -2.02. The summed E-state index contributed by atoms with van der Waals surface area (Å²) in [7, 11) is 1.64. The van der Waals surface area contributed by atoms with Gasteiger partial charge in [-0.3, -0.25) is 4.79 Å². The van der Waals surface area contributed by atoms with E-state index in [-0.39, 0.29) is 5.78 Å². The maximum absolute atomic E-state index is 12.6. The lowest BCUT2D eigenvalue weighted by atomic mass is 10.1. The minimum atomic E-state index is -0.0388. The monoisotopic (exact) mass is 394 g/mol. The second-order valence-corrected chi connectivity index (χ2v) is 7.01. The molecule has 30 heavy (non-hydrogen) atoms. The quantitative estimate of drug-likeness (QED) is 0.309. The van der Waals surface area contributed by atoms with Crippen molar-refractivity contribution in [3.63, 3.8) is 0 Å². The number of hydrogen-bond donors (Lipinski definition) is 0. The van der Waals surface area contributed by atoms with Gasteiger partial charge < -0.3 is 4.74 Å². The molecule has 4 rings (SSSR count). The van der Waals surface area contributed by atoms with Crippen LogP contribution >= 0.6 is 0 Å². The van der Waals surface area contributed by atoms with E-state index in [2.05, 4.69) is 0 Å². The van der Waals surface area contributed by atoms with E-state index in [0.29, 0.717) is 5.56 Å². The van der Waals surface area contributed by atoms with E-state index in [1.165, 1.54) is 0 Å². The van der Waals surface area contributed by atoms with E-state index in [0.717, 1.165) is 33.8 Å². The summed E-state index contributed by atoms with van der Waals surface area (Å²) in [5, 5.41) is 4.78. The van der Waals surface area contributed by atoms with Crippen molar-refractivity contribution in [2.75, 3.05) is 7.11 Å². The number of methoxy groups -OCH3 is 1. The Kier molecular flexibility index (Phi) is 5.57. The van der Waals surface area contributed by atoms with E-state index >= 15 is 0 Å². The SMILES string of the molecule is COc1ccc(-c2nn(-c3ccccc3)cc2/C=C/C(=O)c2ccc(C)cc2)cc1. The predicted octanol–water partition coefficient (Wildman–Crippen LogP) is 5.75. The molecule has 0 aliphatic carbocycles. The van der Waals surface area contributed by atoms with Crippen LogP contribution < -0.4 is 4.74 Å². The number of benzene rings is 3. The minimum Gasteiger partial charge on any atom is -0.497 e. The van der Waals surface area contributed by atoms with Gasteiger partial charge >= 0.3 is 0 Å². The summed E-state index contributed by atoms with van der Waals surface area (Å²) >= 11 is 0. The van der Waals surface area contributed by atoms with Crippen molar-refractivity contribution in [3.05, 3.63) is 108 Å². The zero-order valence-electron chi connectivity index (χ0n) is 16.9. The molecular formula is C26H22N2O2. The third-order valence-electron chi connectivity index (χ3n) is 4.88. The van der Waals surface area contributed by atoms with Gasteiger partial charge in [-0.1, -0.05) is 48.0 Å². The molecule has 0 spiro atoms. The summed E-state index contributed by atoms with van der Waals surface area (Å²) in [6, 6.07) is 25.2. The van der Waals surface area contributed by atoms with Gasteiger partial charge in [-0.15, -0.1) is 0 Å². The van der Waals surface area contributed by atoms with Crippen LogP contribution in [0.15, 0.2) is 91.1 Å². The highest BCUT2D eigenvalue weighted by Crippen LogP contribution is 2.27. The Bertz CT molecular complexity index is 1170. The van der Waals surface area contributed by atoms with Crippen LogP contribution in [0.4, 0.5) is 0 Å². The van der Waals surface area contributed by atoms with E-state index in [1.54, 1.807) is 13.2 Å². The van der Waals surface area contributed by atoms with Crippen molar-refractivity contribution < 1.29 is 9.53 Å². The first-order valence-electron chi connectivity index (χ1n) is 9.72. The first-order chi connectivity index (χ1) is 14.6. The Morgan fingerprint density at radius 3 is 2.30 bits per heavy atom. The first kappa shape index (κ1) is 19.4. The van der Waals surface area contributed by atoms with Crippen LogP contribution in [0.25, 0.3) is 23.0 Å². The Morgan fingerprint density at radius 1 is 0.933 bits per heavy atom. The van der Waals surface area contributed by atoms with Gasteiger partial charge in [0.2, 0.25) is 0 Å². The van der Waals surface area contributed by atoms with Crippen LogP contribution in [0.2, 0.25) is 0 Å². The summed E-state index contributed by atoms with van der Waals surface area (Å²) in [4.78, 5) is 12.6. The molecule has 0 radical (unpaired) electrons. The third-order valence-corrected chi connectivity index (χ3v) is 4.88. The Hall–Kier alpha value is -3.92. The molecule has 4 heteroatoms. The van der Waals surface area contributed by atoms with Gasteiger partial charge in [-0.25, -0.2) is 4.68 Å². The lowest BCUT2D eigenvalue weighted by Crippen LogP contribution is -1.94. The second kappa shape index (κ2) is 8.62. The molecule has 0 N–H and O–H groups in total. The lowest BCUT2D eigenvalue weighted by molar-refractivity contribution is 0.104. The molecule has 4 aromatic rings. The van der Waals surface area contributed by atoms with Crippen LogP contribution in [0, 0.1) is 6.92 Å². The molecule has 4 nitrogen and oxygen atoms in total. The van der Waals surface area contributed by atoms with Crippen molar-refractivity contribution in [2.24, 2.45) is 0 Å². The normalized spacial score (nSPS) is 11.0. The fraction of sp³-hybridized carbons (Fsp3) is 0.0769. The number of nitrogens with zero attached hydrogens (tertiary/aromatic N) is 2. The van der Waals surface area contributed by atoms with Gasteiger partial charge in [-0.05, 0) is 55.5 Å². The van der Waals surface area contributed by atoms with Crippen molar-refractivity contribution >= 4 is 11.9 Å². The number of carbonyl (C=O) groups excluding carboxylic acids is 1. The number of carbonyl (C=O) groups is 1. The average molecular weight is 394 g/mol.